The van der Waals surface area contributed by atoms with Gasteiger partial charge in [0, 0.05) is 4.90 Å². The minimum absolute atomic E-state index is 0.0356. The summed E-state index contributed by atoms with van der Waals surface area (Å²) in [7, 11) is 0. The van der Waals surface area contributed by atoms with Crippen LogP contribution in [0.2, 0.25) is 0 Å². The summed E-state index contributed by atoms with van der Waals surface area (Å²) in [5, 5.41) is 2.69. The smallest absolute Gasteiger partial charge is 0.338 e. The first-order valence-corrected chi connectivity index (χ1v) is 6.78. The van der Waals surface area contributed by atoms with E-state index in [9.17, 15) is 9.59 Å². The van der Waals surface area contributed by atoms with E-state index in [1.807, 2.05) is 19.9 Å². The van der Waals surface area contributed by atoms with Crippen LogP contribution in [0.5, 0.6) is 0 Å². The highest BCUT2D eigenvalue weighted by Gasteiger charge is 2.23. The maximum Gasteiger partial charge on any atom is 0.338 e. The Morgan fingerprint density at radius 2 is 2.28 bits per heavy atom. The molecule has 0 aliphatic carbocycles. The van der Waals surface area contributed by atoms with Crippen molar-refractivity contribution in [2.75, 3.05) is 11.9 Å². The van der Waals surface area contributed by atoms with Crippen LogP contribution in [0.1, 0.15) is 30.6 Å². The third-order valence-electron chi connectivity index (χ3n) is 2.58. The molecule has 0 fully saturated rings. The lowest BCUT2D eigenvalue weighted by Gasteiger charge is -2.21. The van der Waals surface area contributed by atoms with Crippen LogP contribution in [0.15, 0.2) is 23.1 Å². The van der Waals surface area contributed by atoms with E-state index >= 15 is 0 Å². The molecule has 0 spiro atoms. The number of hydrogen-bond acceptors (Lipinski definition) is 4. The lowest BCUT2D eigenvalue weighted by Crippen LogP contribution is -2.26. The number of amides is 1. The van der Waals surface area contributed by atoms with Crippen molar-refractivity contribution in [1.82, 2.24) is 0 Å². The molecule has 5 heteroatoms. The number of carbonyl (C=O) groups excluding carboxylic acids is 2. The van der Waals surface area contributed by atoms with Crippen LogP contribution >= 0.6 is 11.8 Å². The van der Waals surface area contributed by atoms with E-state index in [-0.39, 0.29) is 17.1 Å². The van der Waals surface area contributed by atoms with Crippen molar-refractivity contribution in [2.24, 2.45) is 0 Å². The molecule has 1 aliphatic heterocycles. The predicted molar refractivity (Wildman–Crippen MR) is 71.0 cm³/mol. The molecule has 1 aromatic carbocycles. The van der Waals surface area contributed by atoms with Crippen molar-refractivity contribution in [3.05, 3.63) is 23.8 Å². The van der Waals surface area contributed by atoms with E-state index in [0.29, 0.717) is 17.9 Å². The molecule has 0 saturated heterocycles. The summed E-state index contributed by atoms with van der Waals surface area (Å²) >= 11 is 1.49. The van der Waals surface area contributed by atoms with Gasteiger partial charge in [0.1, 0.15) is 0 Å². The average molecular weight is 265 g/mol. The fourth-order valence-electron chi connectivity index (χ4n) is 1.61. The molecule has 1 atom stereocenters. The maximum absolute atomic E-state index is 11.7. The standard InChI is InChI=1S/C13H15NO3S/c1-3-6-17-13(16)9-4-5-11-10(7-9)14-12(15)8(2)18-11/h4-5,7-8H,3,6H2,1-2H3,(H,14,15)/t8-/m1/s1. The Morgan fingerprint density at radius 3 is 3.00 bits per heavy atom. The first-order valence-electron chi connectivity index (χ1n) is 5.90. The summed E-state index contributed by atoms with van der Waals surface area (Å²) < 4.78 is 5.06. The molecule has 4 nitrogen and oxygen atoms in total. The van der Waals surface area contributed by atoms with Gasteiger partial charge in [0.05, 0.1) is 23.1 Å². The number of hydrogen-bond donors (Lipinski definition) is 1. The zero-order chi connectivity index (χ0) is 13.1. The highest BCUT2D eigenvalue weighted by atomic mass is 32.2. The number of fused-ring (bicyclic) bond motifs is 1. The van der Waals surface area contributed by atoms with E-state index in [1.165, 1.54) is 11.8 Å². The quantitative estimate of drug-likeness (QED) is 0.854. The lowest BCUT2D eigenvalue weighted by molar-refractivity contribution is -0.115. The van der Waals surface area contributed by atoms with Gasteiger partial charge in [0.25, 0.3) is 0 Å². The second-order valence-corrected chi connectivity index (χ2v) is 5.48. The Bertz CT molecular complexity index is 487. The predicted octanol–water partition coefficient (Wildman–Crippen LogP) is 2.69. The van der Waals surface area contributed by atoms with E-state index < -0.39 is 0 Å². The molecule has 1 amide bonds. The molecule has 0 unspecified atom stereocenters. The molecule has 1 aliphatic rings. The number of ether oxygens (including phenoxy) is 1. The monoisotopic (exact) mass is 265 g/mol. The van der Waals surface area contributed by atoms with Crippen molar-refractivity contribution >= 4 is 29.3 Å². The van der Waals surface area contributed by atoms with Crippen molar-refractivity contribution in [2.45, 2.75) is 30.4 Å². The van der Waals surface area contributed by atoms with Crippen molar-refractivity contribution in [3.8, 4) is 0 Å². The van der Waals surface area contributed by atoms with Gasteiger partial charge in [-0.2, -0.15) is 0 Å². The highest BCUT2D eigenvalue weighted by molar-refractivity contribution is 8.00. The minimum Gasteiger partial charge on any atom is -0.462 e. The van der Waals surface area contributed by atoms with Gasteiger partial charge in [0.2, 0.25) is 5.91 Å². The molecule has 0 bridgehead atoms. The Labute approximate surface area is 110 Å². The van der Waals surface area contributed by atoms with Gasteiger partial charge in [-0.3, -0.25) is 4.79 Å². The summed E-state index contributed by atoms with van der Waals surface area (Å²) in [5.74, 6) is -0.385. The van der Waals surface area contributed by atoms with Crippen LogP contribution in [0.3, 0.4) is 0 Å². The average Bonchev–Trinajstić information content (AvgIpc) is 2.36. The third kappa shape index (κ3) is 2.67. The van der Waals surface area contributed by atoms with Crippen LogP contribution in [-0.4, -0.2) is 23.7 Å². The van der Waals surface area contributed by atoms with E-state index in [1.54, 1.807) is 12.1 Å². The van der Waals surface area contributed by atoms with Gasteiger partial charge in [0.15, 0.2) is 0 Å². The minimum atomic E-state index is -0.350. The third-order valence-corrected chi connectivity index (χ3v) is 3.76. The van der Waals surface area contributed by atoms with Crippen LogP contribution in [0.25, 0.3) is 0 Å². The molecule has 96 valence electrons. The number of thioether (sulfide) groups is 1. The Morgan fingerprint density at radius 1 is 1.50 bits per heavy atom. The second kappa shape index (κ2) is 5.44. The normalized spacial score (nSPS) is 17.9. The van der Waals surface area contributed by atoms with E-state index in [4.69, 9.17) is 4.74 Å². The zero-order valence-electron chi connectivity index (χ0n) is 10.4. The van der Waals surface area contributed by atoms with Gasteiger partial charge < -0.3 is 10.1 Å². The van der Waals surface area contributed by atoms with Gasteiger partial charge in [-0.15, -0.1) is 11.8 Å². The first kappa shape index (κ1) is 13.0. The van der Waals surface area contributed by atoms with Crippen LogP contribution < -0.4 is 5.32 Å². The second-order valence-electron chi connectivity index (χ2n) is 4.10. The Balaban J connectivity index is 2.19. The molecule has 0 saturated carbocycles. The number of anilines is 1. The van der Waals surface area contributed by atoms with Crippen LogP contribution in [0.4, 0.5) is 5.69 Å². The number of nitrogens with one attached hydrogen (secondary N) is 1. The fourth-order valence-corrected chi connectivity index (χ4v) is 2.54. The maximum atomic E-state index is 11.7. The van der Waals surface area contributed by atoms with Gasteiger partial charge in [-0.05, 0) is 31.5 Å². The van der Waals surface area contributed by atoms with Crippen LogP contribution in [0, 0.1) is 0 Å². The molecule has 2 rings (SSSR count). The molecule has 1 aromatic rings. The first-order chi connectivity index (χ1) is 8.61. The molecule has 0 radical (unpaired) electrons. The summed E-state index contributed by atoms with van der Waals surface area (Å²) in [6, 6.07) is 5.25. The largest absolute Gasteiger partial charge is 0.462 e. The van der Waals surface area contributed by atoms with Gasteiger partial charge in [-0.25, -0.2) is 4.79 Å². The molecule has 1 heterocycles. The zero-order valence-corrected chi connectivity index (χ0v) is 11.2. The summed E-state index contributed by atoms with van der Waals surface area (Å²) in [6.45, 7) is 4.21. The topological polar surface area (TPSA) is 55.4 Å². The summed E-state index contributed by atoms with van der Waals surface area (Å²) in [5.41, 5.74) is 1.16. The number of esters is 1. The molecule has 1 N–H and O–H groups in total. The Kier molecular flexibility index (Phi) is 3.91. The van der Waals surface area contributed by atoms with Crippen molar-refractivity contribution in [1.29, 1.82) is 0 Å². The highest BCUT2D eigenvalue weighted by Crippen LogP contribution is 2.35. The molecular weight excluding hydrogens is 250 g/mol. The fraction of sp³-hybridized carbons (Fsp3) is 0.385. The van der Waals surface area contributed by atoms with E-state index in [2.05, 4.69) is 5.32 Å². The number of rotatable bonds is 3. The van der Waals surface area contributed by atoms with Crippen LogP contribution in [-0.2, 0) is 9.53 Å². The SMILES string of the molecule is CCCOC(=O)c1ccc2c(c1)NC(=O)[C@@H](C)S2. The number of benzene rings is 1. The summed E-state index contributed by atoms with van der Waals surface area (Å²) in [4.78, 5) is 24.2. The molecule has 0 aromatic heterocycles. The lowest BCUT2D eigenvalue weighted by atomic mass is 10.2. The summed E-state index contributed by atoms with van der Waals surface area (Å²) in [6.07, 6.45) is 0.792. The van der Waals surface area contributed by atoms with Crippen molar-refractivity contribution in [3.63, 3.8) is 0 Å². The van der Waals surface area contributed by atoms with E-state index in [0.717, 1.165) is 11.3 Å². The van der Waals surface area contributed by atoms with Gasteiger partial charge >= 0.3 is 5.97 Å². The van der Waals surface area contributed by atoms with Crippen molar-refractivity contribution < 1.29 is 14.3 Å². The number of carbonyl (C=O) groups is 2. The molecular formula is C13H15NO3S. The Hall–Kier alpha value is -1.49. The molecule has 18 heavy (non-hydrogen) atoms. The van der Waals surface area contributed by atoms with Gasteiger partial charge in [-0.1, -0.05) is 6.92 Å².